The summed E-state index contributed by atoms with van der Waals surface area (Å²) >= 11 is 0. The number of benzene rings is 9. The van der Waals surface area contributed by atoms with Gasteiger partial charge in [0.05, 0.1) is 39.6 Å². The van der Waals surface area contributed by atoms with E-state index in [1.54, 1.807) is 0 Å². The summed E-state index contributed by atoms with van der Waals surface area (Å²) in [7, 11) is 0. The minimum Gasteiger partial charge on any atom is -0.309 e. The highest BCUT2D eigenvalue weighted by Gasteiger charge is 2.23. The Morgan fingerprint density at radius 3 is 1.29 bits per heavy atom. The molecule has 6 heteroatoms. The third-order valence-corrected chi connectivity index (χ3v) is 14.3. The lowest BCUT2D eigenvalue weighted by atomic mass is 9.97. The van der Waals surface area contributed by atoms with E-state index < -0.39 is 0 Å². The first-order valence-electron chi connectivity index (χ1n) is 24.5. The van der Waals surface area contributed by atoms with E-state index in [0.717, 1.165) is 61.3 Å². The number of aromatic nitrogens is 6. The first kappa shape index (κ1) is 42.8. The summed E-state index contributed by atoms with van der Waals surface area (Å²) in [6.07, 6.45) is 3.93. The number of hydrogen-bond donors (Lipinski definition) is 0. The van der Waals surface area contributed by atoms with Crippen molar-refractivity contribution in [2.45, 2.75) is 27.7 Å². The summed E-state index contributed by atoms with van der Waals surface area (Å²) in [6, 6.07) is 73.9. The van der Waals surface area contributed by atoms with Crippen LogP contribution in [0.5, 0.6) is 0 Å². The Hall–Kier alpha value is -9.26. The lowest BCUT2D eigenvalue weighted by Crippen LogP contribution is -2.04. The molecule has 72 heavy (non-hydrogen) atoms. The Bertz CT molecular complexity index is 4200. The fourth-order valence-corrected chi connectivity index (χ4v) is 10.9. The molecule has 13 rings (SSSR count). The van der Waals surface area contributed by atoms with Crippen LogP contribution in [0.25, 0.3) is 123 Å². The van der Waals surface area contributed by atoms with Crippen molar-refractivity contribution in [3.63, 3.8) is 0 Å². The van der Waals surface area contributed by atoms with Crippen LogP contribution in [0.4, 0.5) is 0 Å². The van der Waals surface area contributed by atoms with Crippen molar-refractivity contribution in [1.29, 1.82) is 0 Å². The van der Waals surface area contributed by atoms with E-state index in [1.807, 2.05) is 48.8 Å². The highest BCUT2D eigenvalue weighted by molar-refractivity contribution is 6.13. The summed E-state index contributed by atoms with van der Waals surface area (Å²) < 4.78 is 4.82. The minimum atomic E-state index is 0.585. The number of aryl methyl sites for hydroxylation is 4. The molecule has 0 saturated carbocycles. The van der Waals surface area contributed by atoms with Gasteiger partial charge in [0.15, 0.2) is 17.5 Å². The summed E-state index contributed by atoms with van der Waals surface area (Å²) in [4.78, 5) is 20.4. The molecule has 4 aromatic heterocycles. The quantitative estimate of drug-likeness (QED) is 0.152. The van der Waals surface area contributed by atoms with Gasteiger partial charge in [0.25, 0.3) is 0 Å². The fraction of sp³-hybridized carbons (Fsp3) is 0.0606. The van der Waals surface area contributed by atoms with E-state index in [-0.39, 0.29) is 0 Å². The van der Waals surface area contributed by atoms with Gasteiger partial charge in [0.2, 0.25) is 0 Å². The average molecular weight is 925 g/mol. The van der Waals surface area contributed by atoms with E-state index in [2.05, 4.69) is 207 Å². The molecule has 342 valence electrons. The summed E-state index contributed by atoms with van der Waals surface area (Å²) in [6.45, 7) is 8.71. The molecule has 6 nitrogen and oxygen atoms in total. The zero-order chi connectivity index (χ0) is 48.5. The first-order valence-corrected chi connectivity index (χ1v) is 24.5. The molecule has 0 amide bonds. The van der Waals surface area contributed by atoms with Crippen LogP contribution in [0, 0.1) is 27.7 Å². The Labute approximate surface area is 418 Å². The van der Waals surface area contributed by atoms with Gasteiger partial charge in [0.1, 0.15) is 0 Å². The van der Waals surface area contributed by atoms with Gasteiger partial charge in [-0.25, -0.2) is 15.0 Å². The van der Waals surface area contributed by atoms with Crippen molar-refractivity contribution in [2.24, 2.45) is 0 Å². The SMILES string of the molecule is Cc1ccc(-c2ccc3c(c2)c2ccccc2n3-c2ccc(-c3nc(-c4ccccc4)nc(-c4ccccc4)n3)cc2-c2ccncc2-n2c3ccccc3c3cc(-c4ccc(C)cc4C)ccc32)c(C)c1. The van der Waals surface area contributed by atoms with Gasteiger partial charge < -0.3 is 9.13 Å². The smallest absolute Gasteiger partial charge is 0.164 e. The molecule has 4 heterocycles. The van der Waals surface area contributed by atoms with E-state index in [1.165, 1.54) is 66.1 Å². The van der Waals surface area contributed by atoms with Crippen molar-refractivity contribution in [2.75, 3.05) is 0 Å². The van der Waals surface area contributed by atoms with E-state index >= 15 is 0 Å². The molecule has 0 aliphatic rings. The van der Waals surface area contributed by atoms with Gasteiger partial charge in [-0.3, -0.25) is 4.98 Å². The van der Waals surface area contributed by atoms with Crippen molar-refractivity contribution in [3.05, 3.63) is 241 Å². The highest BCUT2D eigenvalue weighted by Crippen LogP contribution is 2.43. The standard InChI is InChI=1S/C66H48N6/c1-41-23-28-50(43(3)35-41)47-25-30-60-55(37-47)52-19-11-13-21-58(52)71(60)61-32-27-49(66-69-64(45-15-7-5-8-16-45)68-65(70-66)46-17-9-6-10-18-46)39-57(61)54-33-34-67-40-63(54)72-59-22-14-12-20-53(59)56-38-48(26-31-62(56)72)51-29-24-42(2)36-44(51)4/h5-40H,1-4H3. The van der Waals surface area contributed by atoms with Crippen molar-refractivity contribution in [3.8, 4) is 78.9 Å². The van der Waals surface area contributed by atoms with Gasteiger partial charge in [0, 0.05) is 55.6 Å². The summed E-state index contributed by atoms with van der Waals surface area (Å²) in [5.41, 5.74) is 21.0. The fourth-order valence-electron chi connectivity index (χ4n) is 10.9. The third kappa shape index (κ3) is 7.26. The van der Waals surface area contributed by atoms with Crippen molar-refractivity contribution < 1.29 is 0 Å². The monoisotopic (exact) mass is 924 g/mol. The predicted octanol–water partition coefficient (Wildman–Crippen LogP) is 16.7. The lowest BCUT2D eigenvalue weighted by molar-refractivity contribution is 1.07. The topological polar surface area (TPSA) is 61.4 Å². The molecular formula is C66H48N6. The van der Waals surface area contributed by atoms with Gasteiger partial charge in [-0.05, 0) is 122 Å². The maximum Gasteiger partial charge on any atom is 0.164 e. The normalized spacial score (nSPS) is 11.6. The van der Waals surface area contributed by atoms with E-state index in [0.29, 0.717) is 17.5 Å². The number of hydrogen-bond acceptors (Lipinski definition) is 4. The first-order chi connectivity index (χ1) is 35.3. The van der Waals surface area contributed by atoms with Gasteiger partial charge in [-0.1, -0.05) is 157 Å². The van der Waals surface area contributed by atoms with E-state index in [9.17, 15) is 0 Å². The maximum atomic E-state index is 5.23. The minimum absolute atomic E-state index is 0.585. The Morgan fingerprint density at radius 2 is 0.764 bits per heavy atom. The zero-order valence-corrected chi connectivity index (χ0v) is 40.5. The Balaban J connectivity index is 1.08. The molecule has 13 aromatic rings. The van der Waals surface area contributed by atoms with Gasteiger partial charge >= 0.3 is 0 Å². The summed E-state index contributed by atoms with van der Waals surface area (Å²) in [5.74, 6) is 1.81. The number of para-hydroxylation sites is 2. The Kier molecular flexibility index (Phi) is 10.3. The number of rotatable bonds is 8. The lowest BCUT2D eigenvalue weighted by Gasteiger charge is -2.19. The molecular weight excluding hydrogens is 877 g/mol. The maximum absolute atomic E-state index is 5.23. The molecule has 0 atom stereocenters. The Morgan fingerprint density at radius 1 is 0.306 bits per heavy atom. The molecule has 0 unspecified atom stereocenters. The molecule has 0 aliphatic heterocycles. The predicted molar refractivity (Wildman–Crippen MR) is 298 cm³/mol. The van der Waals surface area contributed by atoms with Crippen molar-refractivity contribution >= 4 is 43.6 Å². The molecule has 0 bridgehead atoms. The second-order valence-corrected chi connectivity index (χ2v) is 19.0. The molecule has 0 fully saturated rings. The molecule has 0 saturated heterocycles. The molecule has 0 spiro atoms. The molecule has 0 radical (unpaired) electrons. The molecule has 9 aromatic carbocycles. The van der Waals surface area contributed by atoms with E-state index in [4.69, 9.17) is 19.9 Å². The second kappa shape index (κ2) is 17.3. The average Bonchev–Trinajstić information content (AvgIpc) is 3.93. The van der Waals surface area contributed by atoms with Crippen LogP contribution in [0.2, 0.25) is 0 Å². The highest BCUT2D eigenvalue weighted by atomic mass is 15.0. The van der Waals surface area contributed by atoms with Gasteiger partial charge in [-0.15, -0.1) is 0 Å². The van der Waals surface area contributed by atoms with Crippen LogP contribution in [-0.2, 0) is 0 Å². The second-order valence-electron chi connectivity index (χ2n) is 19.0. The molecule has 0 aliphatic carbocycles. The van der Waals surface area contributed by atoms with Crippen molar-refractivity contribution in [1.82, 2.24) is 29.1 Å². The van der Waals surface area contributed by atoms with Crippen LogP contribution in [0.15, 0.2) is 219 Å². The van der Waals surface area contributed by atoms with Crippen LogP contribution in [0.1, 0.15) is 22.3 Å². The van der Waals surface area contributed by atoms with Crippen LogP contribution in [-0.4, -0.2) is 29.1 Å². The van der Waals surface area contributed by atoms with Crippen LogP contribution >= 0.6 is 0 Å². The zero-order valence-electron chi connectivity index (χ0n) is 40.5. The number of nitrogens with zero attached hydrogens (tertiary/aromatic N) is 6. The van der Waals surface area contributed by atoms with Crippen LogP contribution in [0.3, 0.4) is 0 Å². The van der Waals surface area contributed by atoms with Gasteiger partial charge in [-0.2, -0.15) is 0 Å². The van der Waals surface area contributed by atoms with Crippen LogP contribution < -0.4 is 0 Å². The number of pyridine rings is 1. The molecule has 0 N–H and O–H groups in total. The largest absolute Gasteiger partial charge is 0.309 e. The third-order valence-electron chi connectivity index (χ3n) is 14.3. The summed E-state index contributed by atoms with van der Waals surface area (Å²) in [5, 5.41) is 4.73. The number of fused-ring (bicyclic) bond motifs is 6.